The zero-order valence-corrected chi connectivity index (χ0v) is 16.6. The summed E-state index contributed by atoms with van der Waals surface area (Å²) in [5, 5.41) is 6.42. The number of carbonyl (C=O) groups excluding carboxylic acids is 2. The molecule has 2 amide bonds. The molecule has 1 aromatic rings. The summed E-state index contributed by atoms with van der Waals surface area (Å²) in [4.78, 5) is 26.3. The Morgan fingerprint density at radius 3 is 2.96 bits per heavy atom. The molecule has 7 heteroatoms. The molecule has 25 heavy (non-hydrogen) atoms. The first-order chi connectivity index (χ1) is 11.6. The average molecular weight is 431 g/mol. The van der Waals surface area contributed by atoms with Crippen molar-refractivity contribution in [3.8, 4) is 0 Å². The Labute approximate surface area is 163 Å². The van der Waals surface area contributed by atoms with Crippen LogP contribution in [0.4, 0.5) is 5.69 Å². The molecule has 2 atom stereocenters. The Morgan fingerprint density at radius 2 is 2.24 bits per heavy atom. The van der Waals surface area contributed by atoms with Crippen LogP contribution in [0.25, 0.3) is 0 Å². The third-order valence-electron chi connectivity index (χ3n) is 4.87. The van der Waals surface area contributed by atoms with Crippen molar-refractivity contribution in [3.05, 3.63) is 28.7 Å². The quantitative estimate of drug-likeness (QED) is 0.755. The number of piperidine rings is 1. The van der Waals surface area contributed by atoms with Gasteiger partial charge in [0.05, 0.1) is 5.92 Å². The molecular formula is C18H25BrClN3O2. The van der Waals surface area contributed by atoms with E-state index in [1.807, 2.05) is 24.3 Å². The standard InChI is InChI=1S/C18H24BrN3O2.ClH/c19-15-4-1-5-16(10-15)22-12-14(9-17(22)23)18(24)21-8-6-13-3-2-7-20-11-13;/h1,4-5,10,13-14,20H,2-3,6-9,11-12H2,(H,21,24);1H. The lowest BCUT2D eigenvalue weighted by atomic mass is 9.96. The molecular weight excluding hydrogens is 406 g/mol. The van der Waals surface area contributed by atoms with Gasteiger partial charge in [-0.2, -0.15) is 0 Å². The van der Waals surface area contributed by atoms with Gasteiger partial charge in [-0.25, -0.2) is 0 Å². The van der Waals surface area contributed by atoms with E-state index >= 15 is 0 Å². The Bertz CT molecular complexity index is 608. The maximum Gasteiger partial charge on any atom is 0.227 e. The number of benzene rings is 1. The Kier molecular flexibility index (Phi) is 7.72. The summed E-state index contributed by atoms with van der Waals surface area (Å²) < 4.78 is 0.932. The molecule has 0 aromatic heterocycles. The fourth-order valence-electron chi connectivity index (χ4n) is 3.49. The largest absolute Gasteiger partial charge is 0.356 e. The Balaban J connectivity index is 0.00000225. The van der Waals surface area contributed by atoms with Crippen molar-refractivity contribution in [2.45, 2.75) is 25.7 Å². The third kappa shape index (κ3) is 5.43. The van der Waals surface area contributed by atoms with Crippen molar-refractivity contribution < 1.29 is 9.59 Å². The van der Waals surface area contributed by atoms with Crippen LogP contribution in [0.2, 0.25) is 0 Å². The highest BCUT2D eigenvalue weighted by molar-refractivity contribution is 9.10. The van der Waals surface area contributed by atoms with Crippen LogP contribution in [-0.2, 0) is 9.59 Å². The first-order valence-corrected chi connectivity index (χ1v) is 9.47. The fourth-order valence-corrected chi connectivity index (χ4v) is 3.88. The van der Waals surface area contributed by atoms with Crippen LogP contribution in [-0.4, -0.2) is 38.0 Å². The third-order valence-corrected chi connectivity index (χ3v) is 5.36. The molecule has 0 spiro atoms. The van der Waals surface area contributed by atoms with Crippen molar-refractivity contribution >= 4 is 45.8 Å². The predicted molar refractivity (Wildman–Crippen MR) is 105 cm³/mol. The number of hydrogen-bond acceptors (Lipinski definition) is 3. The molecule has 3 rings (SSSR count). The molecule has 2 saturated heterocycles. The van der Waals surface area contributed by atoms with Crippen molar-refractivity contribution in [2.24, 2.45) is 11.8 Å². The van der Waals surface area contributed by atoms with Crippen LogP contribution in [0.3, 0.4) is 0 Å². The number of rotatable bonds is 5. The number of anilines is 1. The maximum absolute atomic E-state index is 12.4. The lowest BCUT2D eigenvalue weighted by molar-refractivity contribution is -0.126. The van der Waals surface area contributed by atoms with Crippen LogP contribution in [0.5, 0.6) is 0 Å². The Morgan fingerprint density at radius 1 is 1.40 bits per heavy atom. The van der Waals surface area contributed by atoms with E-state index in [1.54, 1.807) is 4.90 Å². The molecule has 0 radical (unpaired) electrons. The smallest absolute Gasteiger partial charge is 0.227 e. The lowest BCUT2D eigenvalue weighted by Crippen LogP contribution is -2.36. The molecule has 2 heterocycles. The van der Waals surface area contributed by atoms with Crippen molar-refractivity contribution in [1.82, 2.24) is 10.6 Å². The number of carbonyl (C=O) groups is 2. The van der Waals surface area contributed by atoms with Crippen LogP contribution >= 0.6 is 28.3 Å². The first kappa shape index (κ1) is 20.2. The zero-order chi connectivity index (χ0) is 16.9. The van der Waals surface area contributed by atoms with E-state index in [0.717, 1.165) is 29.7 Å². The van der Waals surface area contributed by atoms with Gasteiger partial charge in [0.25, 0.3) is 0 Å². The highest BCUT2D eigenvalue weighted by atomic mass is 79.9. The topological polar surface area (TPSA) is 61.4 Å². The summed E-state index contributed by atoms with van der Waals surface area (Å²) in [6.45, 7) is 3.33. The van der Waals surface area contributed by atoms with Gasteiger partial charge in [-0.05, 0) is 56.5 Å². The monoisotopic (exact) mass is 429 g/mol. The number of hydrogen-bond donors (Lipinski definition) is 2. The van der Waals surface area contributed by atoms with Crippen LogP contribution in [0.1, 0.15) is 25.7 Å². The highest BCUT2D eigenvalue weighted by Gasteiger charge is 2.35. The number of amides is 2. The van der Waals surface area contributed by atoms with E-state index in [4.69, 9.17) is 0 Å². The van der Waals surface area contributed by atoms with Crippen molar-refractivity contribution in [2.75, 3.05) is 31.1 Å². The second-order valence-corrected chi connectivity index (χ2v) is 7.59. The number of nitrogens with zero attached hydrogens (tertiary/aromatic N) is 1. The van der Waals surface area contributed by atoms with Gasteiger partial charge in [0.2, 0.25) is 11.8 Å². The minimum atomic E-state index is -0.249. The molecule has 0 bridgehead atoms. The second-order valence-electron chi connectivity index (χ2n) is 6.68. The molecule has 2 aliphatic heterocycles. The number of halogens is 2. The second kappa shape index (κ2) is 9.55. The van der Waals surface area contributed by atoms with Gasteiger partial charge >= 0.3 is 0 Å². The SMILES string of the molecule is Cl.O=C(NCCC1CCCNC1)C1CC(=O)N(c2cccc(Br)c2)C1. The molecule has 2 unspecified atom stereocenters. The lowest BCUT2D eigenvalue weighted by Gasteiger charge is -2.23. The van der Waals surface area contributed by atoms with E-state index in [9.17, 15) is 9.59 Å². The summed E-state index contributed by atoms with van der Waals surface area (Å²) in [6, 6.07) is 7.64. The van der Waals surface area contributed by atoms with Gasteiger partial charge in [0.15, 0.2) is 0 Å². The van der Waals surface area contributed by atoms with Crippen LogP contribution in [0, 0.1) is 11.8 Å². The zero-order valence-electron chi connectivity index (χ0n) is 14.2. The van der Waals surface area contributed by atoms with Gasteiger partial charge in [-0.3, -0.25) is 9.59 Å². The fraction of sp³-hybridized carbons (Fsp3) is 0.556. The summed E-state index contributed by atoms with van der Waals surface area (Å²) in [5.74, 6) is 0.428. The van der Waals surface area contributed by atoms with E-state index in [1.165, 1.54) is 12.8 Å². The highest BCUT2D eigenvalue weighted by Crippen LogP contribution is 2.27. The van der Waals surface area contributed by atoms with Gasteiger partial charge in [0.1, 0.15) is 0 Å². The van der Waals surface area contributed by atoms with Crippen LogP contribution in [0.15, 0.2) is 28.7 Å². The molecule has 2 fully saturated rings. The molecule has 5 nitrogen and oxygen atoms in total. The van der Waals surface area contributed by atoms with Gasteiger partial charge < -0.3 is 15.5 Å². The van der Waals surface area contributed by atoms with Crippen LogP contribution < -0.4 is 15.5 Å². The van der Waals surface area contributed by atoms with Crippen molar-refractivity contribution in [3.63, 3.8) is 0 Å². The van der Waals surface area contributed by atoms with Gasteiger partial charge in [0, 0.05) is 29.7 Å². The average Bonchev–Trinajstić information content (AvgIpc) is 2.98. The Hall–Kier alpha value is -1.11. The summed E-state index contributed by atoms with van der Waals surface area (Å²) >= 11 is 3.42. The molecule has 0 saturated carbocycles. The molecule has 2 aliphatic rings. The first-order valence-electron chi connectivity index (χ1n) is 8.68. The van der Waals surface area contributed by atoms with Gasteiger partial charge in [-0.15, -0.1) is 12.4 Å². The molecule has 138 valence electrons. The number of nitrogens with one attached hydrogen (secondary N) is 2. The molecule has 0 aliphatic carbocycles. The maximum atomic E-state index is 12.4. The normalized spacial score (nSPS) is 23.2. The van der Waals surface area contributed by atoms with E-state index < -0.39 is 0 Å². The minimum Gasteiger partial charge on any atom is -0.356 e. The van der Waals surface area contributed by atoms with E-state index in [-0.39, 0.29) is 30.1 Å². The summed E-state index contributed by atoms with van der Waals surface area (Å²) in [7, 11) is 0. The predicted octanol–water partition coefficient (Wildman–Crippen LogP) is 2.73. The van der Waals surface area contributed by atoms with E-state index in [2.05, 4.69) is 26.6 Å². The summed E-state index contributed by atoms with van der Waals surface area (Å²) in [6.07, 6.45) is 3.76. The van der Waals surface area contributed by atoms with Crippen molar-refractivity contribution in [1.29, 1.82) is 0 Å². The molecule has 1 aromatic carbocycles. The van der Waals surface area contributed by atoms with Gasteiger partial charge in [-0.1, -0.05) is 22.0 Å². The minimum absolute atomic E-state index is 0. The summed E-state index contributed by atoms with van der Waals surface area (Å²) in [5.41, 5.74) is 0.845. The van der Waals surface area contributed by atoms with E-state index in [0.29, 0.717) is 25.4 Å². The molecule has 2 N–H and O–H groups in total.